The van der Waals surface area contributed by atoms with Gasteiger partial charge in [-0.05, 0) is 53.4 Å². The number of alkyl halides is 3. The van der Waals surface area contributed by atoms with Crippen LogP contribution in [0, 0.1) is 5.82 Å². The highest BCUT2D eigenvalue weighted by Crippen LogP contribution is 2.36. The maximum Gasteiger partial charge on any atom is 0.416 e. The molecule has 0 aliphatic carbocycles. The average Bonchev–Trinajstić information content (AvgIpc) is 3.11. The maximum absolute atomic E-state index is 14.1. The van der Waals surface area contributed by atoms with E-state index in [4.69, 9.17) is 4.74 Å². The number of nitrogens with zero attached hydrogens (tertiary/aromatic N) is 2. The smallest absolute Gasteiger partial charge is 0.416 e. The summed E-state index contributed by atoms with van der Waals surface area (Å²) in [6.07, 6.45) is -3.24. The Bertz CT molecular complexity index is 1280. The molecule has 2 aromatic carbocycles. The van der Waals surface area contributed by atoms with Gasteiger partial charge in [-0.25, -0.2) is 14.4 Å². The van der Waals surface area contributed by atoms with Gasteiger partial charge in [-0.2, -0.15) is 13.2 Å². The van der Waals surface area contributed by atoms with E-state index in [0.29, 0.717) is 29.8 Å². The summed E-state index contributed by atoms with van der Waals surface area (Å²) >= 11 is 0. The van der Waals surface area contributed by atoms with Crippen LogP contribution in [-0.2, 0) is 11.6 Å². The number of ether oxygens (including phenoxy) is 1. The Balaban J connectivity index is 1.64. The molecule has 32 heavy (non-hydrogen) atoms. The van der Waals surface area contributed by atoms with Crippen molar-refractivity contribution >= 4 is 22.7 Å². The summed E-state index contributed by atoms with van der Waals surface area (Å²) < 4.78 is 58.5. The number of hydrogen-bond acceptors (Lipinski definition) is 4. The minimum absolute atomic E-state index is 0.0354. The standard InChI is InChI=1S/C23H20F4N4O/c1-22(2,3)13-7-9-16-18(11-13)31-21(29-16)30-17-5-4-10-28-20(17)32-19-12-14(23(25,26)27)6-8-15(19)24/h4-12H,1-3H3,(H2,29,30,31). The van der Waals surface area contributed by atoms with Gasteiger partial charge in [0.25, 0.3) is 0 Å². The van der Waals surface area contributed by atoms with Gasteiger partial charge in [0.1, 0.15) is 5.69 Å². The van der Waals surface area contributed by atoms with E-state index in [1.807, 2.05) is 18.2 Å². The van der Waals surface area contributed by atoms with Crippen molar-refractivity contribution in [3.05, 3.63) is 71.7 Å². The number of aromatic amines is 1. The fraction of sp³-hybridized carbons (Fsp3) is 0.217. The molecule has 0 unspecified atom stereocenters. The van der Waals surface area contributed by atoms with Gasteiger partial charge in [-0.3, -0.25) is 0 Å². The Morgan fingerprint density at radius 3 is 2.44 bits per heavy atom. The van der Waals surface area contributed by atoms with Gasteiger partial charge in [-0.1, -0.05) is 26.8 Å². The fourth-order valence-electron chi connectivity index (χ4n) is 3.09. The van der Waals surface area contributed by atoms with Crippen molar-refractivity contribution in [3.63, 3.8) is 0 Å². The van der Waals surface area contributed by atoms with Crippen molar-refractivity contribution in [2.75, 3.05) is 5.32 Å². The number of H-pyrrole nitrogens is 1. The molecule has 0 atom stereocenters. The number of fused-ring (bicyclic) bond motifs is 1. The van der Waals surface area contributed by atoms with Crippen molar-refractivity contribution in [3.8, 4) is 11.6 Å². The van der Waals surface area contributed by atoms with Crippen LogP contribution in [0.25, 0.3) is 11.0 Å². The molecule has 0 saturated carbocycles. The monoisotopic (exact) mass is 444 g/mol. The molecule has 2 N–H and O–H groups in total. The van der Waals surface area contributed by atoms with Crippen molar-refractivity contribution in [1.82, 2.24) is 15.0 Å². The Labute approximate surface area is 181 Å². The third-order valence-electron chi connectivity index (χ3n) is 4.84. The second kappa shape index (κ2) is 7.81. The van der Waals surface area contributed by atoms with Crippen LogP contribution in [0.2, 0.25) is 0 Å². The number of rotatable bonds is 4. The summed E-state index contributed by atoms with van der Waals surface area (Å²) in [6, 6.07) is 11.1. The lowest BCUT2D eigenvalue weighted by Gasteiger charge is -2.18. The highest BCUT2D eigenvalue weighted by atomic mass is 19.4. The second-order valence-corrected chi connectivity index (χ2v) is 8.29. The first-order valence-corrected chi connectivity index (χ1v) is 9.77. The third kappa shape index (κ3) is 4.51. The number of halogens is 4. The van der Waals surface area contributed by atoms with Gasteiger partial charge < -0.3 is 15.0 Å². The Morgan fingerprint density at radius 1 is 0.969 bits per heavy atom. The van der Waals surface area contributed by atoms with E-state index in [1.165, 1.54) is 6.20 Å². The minimum Gasteiger partial charge on any atom is -0.434 e. The van der Waals surface area contributed by atoms with Gasteiger partial charge in [0.2, 0.25) is 11.8 Å². The molecule has 0 fully saturated rings. The first-order valence-electron chi connectivity index (χ1n) is 9.77. The zero-order valence-corrected chi connectivity index (χ0v) is 17.5. The van der Waals surface area contributed by atoms with Crippen LogP contribution in [0.5, 0.6) is 11.6 Å². The van der Waals surface area contributed by atoms with E-state index < -0.39 is 23.3 Å². The molecule has 9 heteroatoms. The highest BCUT2D eigenvalue weighted by molar-refractivity contribution is 5.79. The van der Waals surface area contributed by atoms with E-state index in [0.717, 1.165) is 16.6 Å². The van der Waals surface area contributed by atoms with E-state index in [2.05, 4.69) is 41.0 Å². The number of pyridine rings is 1. The summed E-state index contributed by atoms with van der Waals surface area (Å²) in [4.78, 5) is 11.7. The average molecular weight is 444 g/mol. The normalized spacial score (nSPS) is 12.2. The van der Waals surface area contributed by atoms with Crippen LogP contribution in [0.3, 0.4) is 0 Å². The topological polar surface area (TPSA) is 62.8 Å². The molecule has 0 bridgehead atoms. The highest BCUT2D eigenvalue weighted by Gasteiger charge is 2.31. The number of anilines is 2. The number of imidazole rings is 1. The zero-order valence-electron chi connectivity index (χ0n) is 17.5. The van der Waals surface area contributed by atoms with Gasteiger partial charge in [0.15, 0.2) is 11.6 Å². The minimum atomic E-state index is -4.63. The van der Waals surface area contributed by atoms with Crippen LogP contribution in [0.1, 0.15) is 31.9 Å². The van der Waals surface area contributed by atoms with Crippen LogP contribution >= 0.6 is 0 Å². The Kier molecular flexibility index (Phi) is 5.28. The van der Waals surface area contributed by atoms with Crippen molar-refractivity contribution in [1.29, 1.82) is 0 Å². The molecule has 5 nitrogen and oxygen atoms in total. The molecular weight excluding hydrogens is 424 g/mol. The maximum atomic E-state index is 14.1. The summed E-state index contributed by atoms with van der Waals surface area (Å²) in [7, 11) is 0. The zero-order chi connectivity index (χ0) is 23.1. The van der Waals surface area contributed by atoms with Crippen molar-refractivity contribution in [2.45, 2.75) is 32.4 Å². The summed E-state index contributed by atoms with van der Waals surface area (Å²) in [5.41, 5.74) is 1.93. The Morgan fingerprint density at radius 2 is 1.72 bits per heavy atom. The van der Waals surface area contributed by atoms with Gasteiger partial charge in [0.05, 0.1) is 16.6 Å². The van der Waals surface area contributed by atoms with E-state index in [1.54, 1.807) is 12.1 Å². The first kappa shape index (κ1) is 21.6. The summed E-state index contributed by atoms with van der Waals surface area (Å²) in [6.45, 7) is 6.32. The lowest BCUT2D eigenvalue weighted by atomic mass is 9.87. The lowest BCUT2D eigenvalue weighted by Crippen LogP contribution is -2.10. The number of hydrogen-bond donors (Lipinski definition) is 2. The van der Waals surface area contributed by atoms with E-state index >= 15 is 0 Å². The molecule has 0 saturated heterocycles. The largest absolute Gasteiger partial charge is 0.434 e. The molecule has 0 spiro atoms. The Hall–Kier alpha value is -3.62. The predicted octanol–water partition coefficient (Wildman–Crippen LogP) is 6.95. The third-order valence-corrected chi connectivity index (χ3v) is 4.84. The molecule has 2 aromatic heterocycles. The lowest BCUT2D eigenvalue weighted by molar-refractivity contribution is -0.137. The van der Waals surface area contributed by atoms with Gasteiger partial charge >= 0.3 is 6.18 Å². The van der Waals surface area contributed by atoms with Crippen molar-refractivity contribution in [2.24, 2.45) is 0 Å². The predicted molar refractivity (Wildman–Crippen MR) is 114 cm³/mol. The molecule has 0 aliphatic rings. The van der Waals surface area contributed by atoms with Crippen LogP contribution in [0.15, 0.2) is 54.7 Å². The molecule has 166 valence electrons. The molecule has 0 radical (unpaired) electrons. The fourth-order valence-corrected chi connectivity index (χ4v) is 3.09. The molecule has 4 rings (SSSR count). The van der Waals surface area contributed by atoms with Gasteiger partial charge in [0, 0.05) is 6.20 Å². The quantitative estimate of drug-likeness (QED) is 0.334. The van der Waals surface area contributed by atoms with E-state index in [9.17, 15) is 17.6 Å². The summed E-state index contributed by atoms with van der Waals surface area (Å²) in [5, 5.41) is 3.01. The second-order valence-electron chi connectivity index (χ2n) is 8.29. The SMILES string of the molecule is CC(C)(C)c1ccc2nc(Nc3cccnc3Oc3cc(C(F)(F)F)ccc3F)[nH]c2c1. The molecular formula is C23H20F4N4O. The molecule has 2 heterocycles. The number of nitrogens with one attached hydrogen (secondary N) is 2. The summed E-state index contributed by atoms with van der Waals surface area (Å²) in [5.74, 6) is -1.23. The molecule has 4 aromatic rings. The number of benzene rings is 2. The number of aromatic nitrogens is 3. The molecule has 0 amide bonds. The van der Waals surface area contributed by atoms with Crippen LogP contribution < -0.4 is 10.1 Å². The van der Waals surface area contributed by atoms with E-state index in [-0.39, 0.29) is 11.3 Å². The van der Waals surface area contributed by atoms with Crippen LogP contribution in [-0.4, -0.2) is 15.0 Å². The van der Waals surface area contributed by atoms with Crippen molar-refractivity contribution < 1.29 is 22.3 Å². The first-order chi connectivity index (χ1) is 15.0. The molecule has 0 aliphatic heterocycles. The van der Waals surface area contributed by atoms with Crippen LogP contribution in [0.4, 0.5) is 29.2 Å². The van der Waals surface area contributed by atoms with Gasteiger partial charge in [-0.15, -0.1) is 0 Å².